The van der Waals surface area contributed by atoms with Crippen molar-refractivity contribution < 1.29 is 23.8 Å². The summed E-state index contributed by atoms with van der Waals surface area (Å²) in [6.45, 7) is 4.40. The highest BCUT2D eigenvalue weighted by atomic mass is 16.5. The molecule has 0 fully saturated rings. The molecule has 196 valence electrons. The third kappa shape index (κ3) is 5.59. The van der Waals surface area contributed by atoms with Crippen LogP contribution < -0.4 is 19.5 Å². The molecule has 0 aromatic heterocycles. The van der Waals surface area contributed by atoms with Crippen LogP contribution in [0.15, 0.2) is 84.1 Å². The van der Waals surface area contributed by atoms with Crippen molar-refractivity contribution in [1.29, 1.82) is 0 Å². The fourth-order valence-corrected chi connectivity index (χ4v) is 5.33. The number of rotatable bonds is 8. The molecule has 1 amide bonds. The van der Waals surface area contributed by atoms with Crippen molar-refractivity contribution >= 4 is 11.7 Å². The highest BCUT2D eigenvalue weighted by Gasteiger charge is 2.38. The molecule has 6 nitrogen and oxygen atoms in total. The summed E-state index contributed by atoms with van der Waals surface area (Å²) in [7, 11) is 1.60. The Hall–Kier alpha value is -4.06. The molecule has 1 aliphatic carbocycles. The zero-order valence-corrected chi connectivity index (χ0v) is 22.0. The van der Waals surface area contributed by atoms with E-state index in [1.165, 1.54) is 0 Å². The second-order valence-electron chi connectivity index (χ2n) is 10.1. The van der Waals surface area contributed by atoms with Crippen molar-refractivity contribution in [2.24, 2.45) is 0 Å². The van der Waals surface area contributed by atoms with Gasteiger partial charge in [-0.2, -0.15) is 0 Å². The van der Waals surface area contributed by atoms with Gasteiger partial charge in [-0.05, 0) is 67.1 Å². The molecule has 1 heterocycles. The quantitative estimate of drug-likeness (QED) is 0.398. The molecule has 3 aromatic carbocycles. The van der Waals surface area contributed by atoms with E-state index in [1.54, 1.807) is 7.11 Å². The molecule has 38 heavy (non-hydrogen) atoms. The minimum absolute atomic E-state index is 0.0108. The van der Waals surface area contributed by atoms with Crippen molar-refractivity contribution in [3.8, 4) is 17.2 Å². The Morgan fingerprint density at radius 1 is 0.868 bits per heavy atom. The van der Waals surface area contributed by atoms with Gasteiger partial charge in [0.15, 0.2) is 17.3 Å². The maximum atomic E-state index is 13.5. The molecule has 6 heteroatoms. The van der Waals surface area contributed by atoms with Gasteiger partial charge in [0.25, 0.3) is 0 Å². The molecular formula is C32H33NO5. The lowest BCUT2D eigenvalue weighted by Crippen LogP contribution is -2.38. The van der Waals surface area contributed by atoms with Crippen LogP contribution in [0.2, 0.25) is 0 Å². The van der Waals surface area contributed by atoms with Crippen LogP contribution in [0, 0.1) is 0 Å². The predicted molar refractivity (Wildman–Crippen MR) is 145 cm³/mol. The molecule has 5 rings (SSSR count). The van der Waals surface area contributed by atoms with Crippen LogP contribution in [0.5, 0.6) is 17.2 Å². The van der Waals surface area contributed by atoms with Crippen LogP contribution in [0.1, 0.15) is 61.6 Å². The Morgan fingerprint density at radius 2 is 1.61 bits per heavy atom. The Labute approximate surface area is 223 Å². The molecule has 1 N–H and O–H groups in total. The number of hydrogen-bond acceptors (Lipinski definition) is 5. The zero-order chi connectivity index (χ0) is 26.6. The van der Waals surface area contributed by atoms with Crippen molar-refractivity contribution in [2.75, 3.05) is 7.11 Å². The topological polar surface area (TPSA) is 73.9 Å². The SMILES string of the molecule is COc1cc(C2CC(=O)NC3=C2C(=O)CC(c2ccc(OC(C)C)cc2)C3)ccc1OCc1ccccc1. The fraction of sp³-hybridized carbons (Fsp3) is 0.312. The van der Waals surface area contributed by atoms with Crippen LogP contribution in [0.3, 0.4) is 0 Å². The van der Waals surface area contributed by atoms with Crippen LogP contribution >= 0.6 is 0 Å². The summed E-state index contributed by atoms with van der Waals surface area (Å²) < 4.78 is 17.4. The molecule has 3 aromatic rings. The Balaban J connectivity index is 1.38. The number of ether oxygens (including phenoxy) is 3. The van der Waals surface area contributed by atoms with E-state index in [2.05, 4.69) is 5.32 Å². The molecule has 1 aliphatic heterocycles. The highest BCUT2D eigenvalue weighted by molar-refractivity contribution is 6.02. The highest BCUT2D eigenvalue weighted by Crippen LogP contribution is 2.44. The van der Waals surface area contributed by atoms with Gasteiger partial charge in [-0.3, -0.25) is 9.59 Å². The second-order valence-corrected chi connectivity index (χ2v) is 10.1. The normalized spacial score (nSPS) is 19.2. The molecular weight excluding hydrogens is 478 g/mol. The van der Waals surface area contributed by atoms with Gasteiger partial charge in [0.05, 0.1) is 13.2 Å². The summed E-state index contributed by atoms with van der Waals surface area (Å²) in [6.07, 6.45) is 1.35. The molecule has 0 radical (unpaired) electrons. The number of allylic oxidation sites excluding steroid dienone is 2. The summed E-state index contributed by atoms with van der Waals surface area (Å²) in [5.74, 6) is 1.70. The molecule has 2 atom stereocenters. The molecule has 0 spiro atoms. The lowest BCUT2D eigenvalue weighted by atomic mass is 9.73. The van der Waals surface area contributed by atoms with Gasteiger partial charge in [-0.1, -0.05) is 48.5 Å². The van der Waals surface area contributed by atoms with Crippen LogP contribution in [0.25, 0.3) is 0 Å². The predicted octanol–water partition coefficient (Wildman–Crippen LogP) is 6.07. The summed E-state index contributed by atoms with van der Waals surface area (Å²) in [6, 6.07) is 23.5. The van der Waals surface area contributed by atoms with Gasteiger partial charge in [-0.15, -0.1) is 0 Å². The van der Waals surface area contributed by atoms with Gasteiger partial charge in [-0.25, -0.2) is 0 Å². The second kappa shape index (κ2) is 11.1. The van der Waals surface area contributed by atoms with Gasteiger partial charge < -0.3 is 19.5 Å². The minimum Gasteiger partial charge on any atom is -0.493 e. The first-order chi connectivity index (χ1) is 18.4. The number of carbonyl (C=O) groups is 2. The number of carbonyl (C=O) groups excluding carboxylic acids is 2. The number of benzene rings is 3. The maximum Gasteiger partial charge on any atom is 0.225 e. The van der Waals surface area contributed by atoms with E-state index in [1.807, 2.05) is 86.6 Å². The lowest BCUT2D eigenvalue weighted by molar-refractivity contribution is -0.122. The lowest BCUT2D eigenvalue weighted by Gasteiger charge is -2.34. The molecule has 2 unspecified atom stereocenters. The first kappa shape index (κ1) is 25.6. The van der Waals surface area contributed by atoms with Gasteiger partial charge in [0.1, 0.15) is 12.4 Å². The molecule has 0 saturated carbocycles. The van der Waals surface area contributed by atoms with Crippen molar-refractivity contribution in [3.63, 3.8) is 0 Å². The Morgan fingerprint density at radius 3 is 2.32 bits per heavy atom. The zero-order valence-electron chi connectivity index (χ0n) is 22.0. The third-order valence-corrected chi connectivity index (χ3v) is 7.09. The Kier molecular flexibility index (Phi) is 7.50. The first-order valence-corrected chi connectivity index (χ1v) is 13.1. The monoisotopic (exact) mass is 511 g/mol. The Bertz CT molecular complexity index is 1340. The molecule has 0 bridgehead atoms. The van der Waals surface area contributed by atoms with E-state index in [-0.39, 0.29) is 36.1 Å². The van der Waals surface area contributed by atoms with E-state index in [9.17, 15) is 9.59 Å². The van der Waals surface area contributed by atoms with Gasteiger partial charge in [0.2, 0.25) is 5.91 Å². The summed E-state index contributed by atoms with van der Waals surface area (Å²) in [5, 5.41) is 3.00. The standard InChI is InChI=1S/C32H33NO5/c1-20(2)38-25-12-9-22(10-13-25)24-15-27-32(28(34)16-24)26(18-31(35)33-27)23-11-14-29(30(17-23)36-3)37-19-21-7-5-4-6-8-21/h4-14,17,20,24,26H,15-16,18-19H2,1-3H3,(H,33,35). The van der Waals surface area contributed by atoms with Crippen molar-refractivity contribution in [2.45, 2.75) is 57.7 Å². The molecule has 0 saturated heterocycles. The van der Waals surface area contributed by atoms with E-state index < -0.39 is 0 Å². The van der Waals surface area contributed by atoms with Crippen LogP contribution in [0.4, 0.5) is 0 Å². The van der Waals surface area contributed by atoms with E-state index in [0.29, 0.717) is 36.5 Å². The molecule has 2 aliphatic rings. The van der Waals surface area contributed by atoms with Crippen LogP contribution in [-0.2, 0) is 16.2 Å². The first-order valence-electron chi connectivity index (χ1n) is 13.1. The number of Topliss-reactive ketones (excluding diaryl/α,β-unsaturated/α-hetero) is 1. The van der Waals surface area contributed by atoms with Crippen LogP contribution in [-0.4, -0.2) is 24.9 Å². The number of amides is 1. The minimum atomic E-state index is -0.314. The largest absolute Gasteiger partial charge is 0.493 e. The number of nitrogens with one attached hydrogen (secondary N) is 1. The fourth-order valence-electron chi connectivity index (χ4n) is 5.33. The van der Waals surface area contributed by atoms with E-state index >= 15 is 0 Å². The average molecular weight is 512 g/mol. The number of hydrogen-bond donors (Lipinski definition) is 1. The van der Waals surface area contributed by atoms with Crippen molar-refractivity contribution in [1.82, 2.24) is 5.32 Å². The average Bonchev–Trinajstić information content (AvgIpc) is 2.91. The third-order valence-electron chi connectivity index (χ3n) is 7.09. The van der Waals surface area contributed by atoms with E-state index in [4.69, 9.17) is 14.2 Å². The summed E-state index contributed by atoms with van der Waals surface area (Å²) >= 11 is 0. The summed E-state index contributed by atoms with van der Waals surface area (Å²) in [5.41, 5.74) is 4.44. The van der Waals surface area contributed by atoms with E-state index in [0.717, 1.165) is 28.1 Å². The van der Waals surface area contributed by atoms with Gasteiger partial charge >= 0.3 is 0 Å². The maximum absolute atomic E-state index is 13.5. The summed E-state index contributed by atoms with van der Waals surface area (Å²) in [4.78, 5) is 26.3. The van der Waals surface area contributed by atoms with Crippen molar-refractivity contribution in [3.05, 3.63) is 101 Å². The number of methoxy groups -OCH3 is 1. The number of ketones is 1. The van der Waals surface area contributed by atoms with Gasteiger partial charge in [0, 0.05) is 30.0 Å². The smallest absolute Gasteiger partial charge is 0.225 e.